The lowest BCUT2D eigenvalue weighted by Gasteiger charge is -2.11. The van der Waals surface area contributed by atoms with Gasteiger partial charge in [0.25, 0.3) is 0 Å². The van der Waals surface area contributed by atoms with E-state index in [1.165, 1.54) is 17.4 Å². The zero-order chi connectivity index (χ0) is 13.4. The summed E-state index contributed by atoms with van der Waals surface area (Å²) in [6.45, 7) is 3.44. The van der Waals surface area contributed by atoms with Crippen LogP contribution in [0.2, 0.25) is 0 Å². The summed E-state index contributed by atoms with van der Waals surface area (Å²) in [5.41, 5.74) is 0.417. The highest BCUT2D eigenvalue weighted by Gasteiger charge is 2.19. The van der Waals surface area contributed by atoms with Crippen molar-refractivity contribution in [3.8, 4) is 0 Å². The van der Waals surface area contributed by atoms with Gasteiger partial charge in [-0.05, 0) is 47.5 Å². The van der Waals surface area contributed by atoms with Crippen molar-refractivity contribution in [2.24, 2.45) is 0 Å². The first-order chi connectivity index (χ1) is 8.40. The number of benzene rings is 1. The summed E-state index contributed by atoms with van der Waals surface area (Å²) in [6, 6.07) is 3.91. The summed E-state index contributed by atoms with van der Waals surface area (Å²) in [6.07, 6.45) is -1.07. The van der Waals surface area contributed by atoms with Crippen LogP contribution in [0.5, 0.6) is 0 Å². The Hall–Kier alpha value is -0.780. The molecule has 1 nitrogen and oxygen atoms in total. The van der Waals surface area contributed by atoms with Gasteiger partial charge in [-0.3, -0.25) is 0 Å². The molecule has 0 aliphatic rings. The third-order valence-electron chi connectivity index (χ3n) is 2.72. The van der Waals surface area contributed by atoms with Gasteiger partial charge in [-0.15, -0.1) is 11.3 Å². The molecule has 1 heterocycles. The van der Waals surface area contributed by atoms with Gasteiger partial charge in [0.1, 0.15) is 17.7 Å². The molecule has 1 N–H and O–H groups in total. The Morgan fingerprint density at radius 3 is 2.39 bits per heavy atom. The molecule has 0 aliphatic heterocycles. The number of aryl methyl sites for hydroxylation is 2. The molecule has 0 radical (unpaired) electrons. The third kappa shape index (κ3) is 2.48. The molecule has 0 saturated carbocycles. The van der Waals surface area contributed by atoms with Crippen molar-refractivity contribution >= 4 is 27.3 Å². The van der Waals surface area contributed by atoms with Gasteiger partial charge in [0, 0.05) is 25.9 Å². The maximum atomic E-state index is 13.7. The van der Waals surface area contributed by atoms with Crippen LogP contribution in [0.4, 0.5) is 8.78 Å². The van der Waals surface area contributed by atoms with Crippen molar-refractivity contribution < 1.29 is 13.9 Å². The molecule has 2 aromatic rings. The first kappa shape index (κ1) is 13.6. The summed E-state index contributed by atoms with van der Waals surface area (Å²) in [5, 5.41) is 10.2. The fourth-order valence-corrected chi connectivity index (χ4v) is 3.22. The molecular weight excluding hydrogens is 322 g/mol. The second-order valence-electron chi connectivity index (χ2n) is 4.08. The van der Waals surface area contributed by atoms with Crippen molar-refractivity contribution in [2.45, 2.75) is 20.0 Å². The molecule has 1 unspecified atom stereocenters. The van der Waals surface area contributed by atoms with Gasteiger partial charge in [-0.1, -0.05) is 0 Å². The molecule has 5 heteroatoms. The summed E-state index contributed by atoms with van der Waals surface area (Å²) in [4.78, 5) is 1.63. The second-order valence-corrected chi connectivity index (χ2v) is 6.22. The lowest BCUT2D eigenvalue weighted by Crippen LogP contribution is -2.02. The zero-order valence-corrected chi connectivity index (χ0v) is 12.2. The molecule has 0 saturated heterocycles. The number of hydrogen-bond donors (Lipinski definition) is 1. The molecule has 2 rings (SSSR count). The number of rotatable bonds is 2. The van der Waals surface area contributed by atoms with Gasteiger partial charge in [0.15, 0.2) is 0 Å². The van der Waals surface area contributed by atoms with Crippen LogP contribution >= 0.6 is 27.3 Å². The van der Waals surface area contributed by atoms with E-state index < -0.39 is 17.7 Å². The first-order valence-corrected chi connectivity index (χ1v) is 6.90. The van der Waals surface area contributed by atoms with Crippen molar-refractivity contribution in [3.05, 3.63) is 55.2 Å². The first-order valence-electron chi connectivity index (χ1n) is 5.29. The molecule has 0 amide bonds. The predicted molar refractivity (Wildman–Crippen MR) is 71.9 cm³/mol. The highest BCUT2D eigenvalue weighted by atomic mass is 79.9. The van der Waals surface area contributed by atoms with E-state index in [0.29, 0.717) is 10.4 Å². The van der Waals surface area contributed by atoms with E-state index in [1.807, 2.05) is 6.92 Å². The molecule has 0 fully saturated rings. The Bertz CT molecular complexity index is 575. The topological polar surface area (TPSA) is 20.2 Å². The number of aliphatic hydroxyl groups excluding tert-OH is 1. The molecule has 18 heavy (non-hydrogen) atoms. The summed E-state index contributed by atoms with van der Waals surface area (Å²) in [5.74, 6) is -1.33. The molecule has 0 bridgehead atoms. The molecule has 0 aliphatic carbocycles. The Labute approximate surface area is 116 Å². The van der Waals surface area contributed by atoms with Crippen LogP contribution in [-0.4, -0.2) is 5.11 Å². The van der Waals surface area contributed by atoms with Gasteiger partial charge in [0.05, 0.1) is 0 Å². The number of aliphatic hydroxyl groups is 1. The van der Waals surface area contributed by atoms with Gasteiger partial charge in [0.2, 0.25) is 0 Å². The normalized spacial score (nSPS) is 12.8. The number of thiophene rings is 1. The lowest BCUT2D eigenvalue weighted by atomic mass is 10.0. The van der Waals surface area contributed by atoms with E-state index in [-0.39, 0.29) is 5.56 Å². The molecule has 1 atom stereocenters. The number of halogens is 3. The van der Waals surface area contributed by atoms with Gasteiger partial charge in [-0.25, -0.2) is 8.78 Å². The van der Waals surface area contributed by atoms with Gasteiger partial charge < -0.3 is 5.11 Å². The standard InChI is InChI=1S/C13H11BrF2OS/c1-6-3-8(11(16)5-10(6)15)13(17)12-4-9(14)7(2)18-12/h3-5,13,17H,1-2H3. The average Bonchev–Trinajstić information content (AvgIpc) is 2.63. The Balaban J connectivity index is 2.45. The van der Waals surface area contributed by atoms with E-state index in [0.717, 1.165) is 15.4 Å². The second kappa shape index (κ2) is 5.07. The van der Waals surface area contributed by atoms with Crippen molar-refractivity contribution in [1.29, 1.82) is 0 Å². The number of hydrogen-bond acceptors (Lipinski definition) is 2. The van der Waals surface area contributed by atoms with Crippen molar-refractivity contribution in [3.63, 3.8) is 0 Å². The Morgan fingerprint density at radius 1 is 1.17 bits per heavy atom. The summed E-state index contributed by atoms with van der Waals surface area (Å²) < 4.78 is 27.7. The fraction of sp³-hybridized carbons (Fsp3) is 0.231. The quantitative estimate of drug-likeness (QED) is 0.859. The van der Waals surface area contributed by atoms with E-state index in [2.05, 4.69) is 15.9 Å². The zero-order valence-electron chi connectivity index (χ0n) is 9.80. The molecule has 0 spiro atoms. The summed E-state index contributed by atoms with van der Waals surface area (Å²) >= 11 is 4.73. The average molecular weight is 333 g/mol. The maximum absolute atomic E-state index is 13.7. The summed E-state index contributed by atoms with van der Waals surface area (Å²) in [7, 11) is 0. The minimum atomic E-state index is -1.07. The fourth-order valence-electron chi connectivity index (χ4n) is 1.66. The monoisotopic (exact) mass is 332 g/mol. The van der Waals surface area contributed by atoms with Crippen molar-refractivity contribution in [2.75, 3.05) is 0 Å². The van der Waals surface area contributed by atoms with Crippen LogP contribution in [0.1, 0.15) is 27.0 Å². The van der Waals surface area contributed by atoms with E-state index in [1.54, 1.807) is 13.0 Å². The van der Waals surface area contributed by atoms with E-state index >= 15 is 0 Å². The molecular formula is C13H11BrF2OS. The maximum Gasteiger partial charge on any atom is 0.132 e. The van der Waals surface area contributed by atoms with Gasteiger partial charge >= 0.3 is 0 Å². The van der Waals surface area contributed by atoms with Crippen LogP contribution in [0.15, 0.2) is 22.7 Å². The van der Waals surface area contributed by atoms with Crippen LogP contribution in [-0.2, 0) is 0 Å². The largest absolute Gasteiger partial charge is 0.383 e. The van der Waals surface area contributed by atoms with Crippen LogP contribution in [0.3, 0.4) is 0 Å². The molecule has 1 aromatic heterocycles. The minimum absolute atomic E-state index is 0.0997. The molecule has 96 valence electrons. The van der Waals surface area contributed by atoms with Crippen LogP contribution < -0.4 is 0 Å². The third-order valence-corrected chi connectivity index (χ3v) is 4.91. The lowest BCUT2D eigenvalue weighted by molar-refractivity contribution is 0.218. The van der Waals surface area contributed by atoms with Crippen LogP contribution in [0, 0.1) is 25.5 Å². The highest BCUT2D eigenvalue weighted by molar-refractivity contribution is 9.10. The molecule has 1 aromatic carbocycles. The highest BCUT2D eigenvalue weighted by Crippen LogP contribution is 2.35. The SMILES string of the molecule is Cc1cc(C(O)c2cc(Br)c(C)s2)c(F)cc1F. The Kier molecular flexibility index (Phi) is 3.84. The Morgan fingerprint density at radius 2 is 1.83 bits per heavy atom. The minimum Gasteiger partial charge on any atom is -0.383 e. The van der Waals surface area contributed by atoms with Crippen molar-refractivity contribution in [1.82, 2.24) is 0 Å². The van der Waals surface area contributed by atoms with E-state index in [4.69, 9.17) is 0 Å². The smallest absolute Gasteiger partial charge is 0.132 e. The van der Waals surface area contributed by atoms with E-state index in [9.17, 15) is 13.9 Å². The van der Waals surface area contributed by atoms with Gasteiger partial charge in [-0.2, -0.15) is 0 Å². The predicted octanol–water partition coefficient (Wildman–Crippen LogP) is 4.49. The van der Waals surface area contributed by atoms with Crippen LogP contribution in [0.25, 0.3) is 0 Å².